The molecular formula is C13H8BrFINO. The van der Waals surface area contributed by atoms with Gasteiger partial charge >= 0.3 is 0 Å². The van der Waals surface area contributed by atoms with Crippen LogP contribution in [0.5, 0.6) is 0 Å². The van der Waals surface area contributed by atoms with Crippen LogP contribution in [0.3, 0.4) is 0 Å². The van der Waals surface area contributed by atoms with E-state index in [1.807, 2.05) is 12.1 Å². The third kappa shape index (κ3) is 3.08. The van der Waals surface area contributed by atoms with E-state index in [4.69, 9.17) is 0 Å². The van der Waals surface area contributed by atoms with E-state index in [1.54, 1.807) is 18.2 Å². The number of nitrogens with one attached hydrogen (secondary N) is 1. The summed E-state index contributed by atoms with van der Waals surface area (Å²) in [5.74, 6) is -0.976. The number of carbonyl (C=O) groups excluding carboxylic acids is 1. The van der Waals surface area contributed by atoms with E-state index in [0.29, 0.717) is 5.69 Å². The zero-order valence-corrected chi connectivity index (χ0v) is 12.8. The number of amides is 1. The molecule has 0 fully saturated rings. The Labute approximate surface area is 126 Å². The quantitative estimate of drug-likeness (QED) is 0.716. The van der Waals surface area contributed by atoms with Crippen LogP contribution in [0.15, 0.2) is 46.9 Å². The van der Waals surface area contributed by atoms with Gasteiger partial charge in [-0.15, -0.1) is 0 Å². The van der Waals surface area contributed by atoms with Crippen molar-refractivity contribution in [3.05, 3.63) is 61.9 Å². The van der Waals surface area contributed by atoms with Gasteiger partial charge in [-0.3, -0.25) is 4.79 Å². The van der Waals surface area contributed by atoms with Crippen LogP contribution in [-0.2, 0) is 0 Å². The Bertz CT molecular complexity index is 603. The highest BCUT2D eigenvalue weighted by Gasteiger charge is 2.12. The molecule has 0 saturated carbocycles. The van der Waals surface area contributed by atoms with Crippen LogP contribution < -0.4 is 5.32 Å². The molecule has 2 nitrogen and oxygen atoms in total. The number of halogens is 3. The molecule has 0 aliphatic rings. The molecule has 18 heavy (non-hydrogen) atoms. The van der Waals surface area contributed by atoms with Crippen molar-refractivity contribution in [2.75, 3.05) is 5.32 Å². The van der Waals surface area contributed by atoms with E-state index in [9.17, 15) is 9.18 Å². The van der Waals surface area contributed by atoms with Crippen molar-refractivity contribution in [3.63, 3.8) is 0 Å². The van der Waals surface area contributed by atoms with Gasteiger partial charge in [0.1, 0.15) is 5.82 Å². The number of benzene rings is 2. The molecule has 0 saturated heterocycles. The average molecular weight is 420 g/mol. The van der Waals surface area contributed by atoms with Crippen molar-refractivity contribution in [2.24, 2.45) is 0 Å². The first-order chi connectivity index (χ1) is 8.58. The second-order valence-electron chi connectivity index (χ2n) is 3.56. The third-order valence-corrected chi connectivity index (χ3v) is 3.68. The Morgan fingerprint density at radius 3 is 2.61 bits per heavy atom. The number of hydrogen-bond donors (Lipinski definition) is 1. The molecule has 5 heteroatoms. The normalized spacial score (nSPS) is 10.2. The molecule has 1 amide bonds. The summed E-state index contributed by atoms with van der Waals surface area (Å²) >= 11 is 5.45. The standard InChI is InChI=1S/C13H8BrFINO/c14-8-5-6-12(11(16)7-8)17-13(18)9-3-1-2-4-10(9)15/h1-7H,(H,17,18). The Morgan fingerprint density at radius 1 is 1.22 bits per heavy atom. The number of carbonyl (C=O) groups is 1. The maximum Gasteiger partial charge on any atom is 0.258 e. The summed E-state index contributed by atoms with van der Waals surface area (Å²) in [5.41, 5.74) is 0.697. The first-order valence-corrected chi connectivity index (χ1v) is 6.96. The zero-order valence-electron chi connectivity index (χ0n) is 9.08. The minimum absolute atomic E-state index is 0.0382. The van der Waals surface area contributed by atoms with Crippen LogP contribution in [0.25, 0.3) is 0 Å². The Kier molecular flexibility index (Phi) is 4.34. The summed E-state index contributed by atoms with van der Waals surface area (Å²) in [6.07, 6.45) is 0. The minimum atomic E-state index is -0.526. The van der Waals surface area contributed by atoms with Crippen LogP contribution in [0, 0.1) is 9.39 Å². The topological polar surface area (TPSA) is 29.1 Å². The lowest BCUT2D eigenvalue weighted by molar-refractivity contribution is 0.102. The van der Waals surface area contributed by atoms with Crippen LogP contribution >= 0.6 is 38.5 Å². The maximum absolute atomic E-state index is 13.4. The third-order valence-electron chi connectivity index (χ3n) is 2.30. The molecule has 0 bridgehead atoms. The van der Waals surface area contributed by atoms with E-state index < -0.39 is 11.7 Å². The van der Waals surface area contributed by atoms with Gasteiger partial charge in [0.2, 0.25) is 0 Å². The predicted octanol–water partition coefficient (Wildman–Crippen LogP) is 4.45. The van der Waals surface area contributed by atoms with E-state index >= 15 is 0 Å². The molecule has 2 aromatic carbocycles. The molecule has 92 valence electrons. The molecule has 0 spiro atoms. The summed E-state index contributed by atoms with van der Waals surface area (Å²) in [4.78, 5) is 11.9. The Balaban J connectivity index is 2.24. The molecule has 2 rings (SSSR count). The lowest BCUT2D eigenvalue weighted by Gasteiger charge is -2.08. The predicted molar refractivity (Wildman–Crippen MR) is 81.2 cm³/mol. The number of hydrogen-bond acceptors (Lipinski definition) is 1. The van der Waals surface area contributed by atoms with Crippen molar-refractivity contribution in [3.8, 4) is 0 Å². The van der Waals surface area contributed by atoms with Crippen LogP contribution in [0.2, 0.25) is 0 Å². The molecule has 1 N–H and O–H groups in total. The summed E-state index contributed by atoms with van der Waals surface area (Å²) in [5, 5.41) is 2.69. The fourth-order valence-corrected chi connectivity index (χ4v) is 2.87. The highest BCUT2D eigenvalue weighted by molar-refractivity contribution is 14.1. The first kappa shape index (κ1) is 13.5. The van der Waals surface area contributed by atoms with Crippen molar-refractivity contribution in [2.45, 2.75) is 0 Å². The fraction of sp³-hybridized carbons (Fsp3) is 0. The summed E-state index contributed by atoms with van der Waals surface area (Å²) in [6.45, 7) is 0. The minimum Gasteiger partial charge on any atom is -0.321 e. The van der Waals surface area contributed by atoms with Gasteiger partial charge in [0.05, 0.1) is 11.3 Å². The summed E-state index contributed by atoms with van der Waals surface area (Å²) in [6, 6.07) is 11.4. The molecular weight excluding hydrogens is 412 g/mol. The molecule has 0 aromatic heterocycles. The van der Waals surface area contributed by atoms with Crippen LogP contribution in [0.1, 0.15) is 10.4 Å². The maximum atomic E-state index is 13.4. The Hall–Kier alpha value is -0.950. The van der Waals surface area contributed by atoms with Gasteiger partial charge in [0, 0.05) is 8.04 Å². The average Bonchev–Trinajstić information content (AvgIpc) is 2.33. The van der Waals surface area contributed by atoms with Crippen molar-refractivity contribution in [1.82, 2.24) is 0 Å². The summed E-state index contributed by atoms with van der Waals surface area (Å²) < 4.78 is 15.2. The number of anilines is 1. The van der Waals surface area contributed by atoms with Gasteiger partial charge in [-0.1, -0.05) is 28.1 Å². The van der Waals surface area contributed by atoms with Crippen molar-refractivity contribution < 1.29 is 9.18 Å². The smallest absolute Gasteiger partial charge is 0.258 e. The molecule has 0 radical (unpaired) electrons. The number of rotatable bonds is 2. The van der Waals surface area contributed by atoms with Gasteiger partial charge in [-0.05, 0) is 52.9 Å². The molecule has 0 aliphatic carbocycles. The lowest BCUT2D eigenvalue weighted by atomic mass is 10.2. The molecule has 0 heterocycles. The highest BCUT2D eigenvalue weighted by atomic mass is 127. The summed E-state index contributed by atoms with van der Waals surface area (Å²) in [7, 11) is 0. The molecule has 0 aliphatic heterocycles. The van der Waals surface area contributed by atoms with Gasteiger partial charge in [-0.25, -0.2) is 4.39 Å². The largest absolute Gasteiger partial charge is 0.321 e. The van der Waals surface area contributed by atoms with E-state index in [1.165, 1.54) is 12.1 Å². The van der Waals surface area contributed by atoms with E-state index in [0.717, 1.165) is 8.04 Å². The van der Waals surface area contributed by atoms with Crippen LogP contribution in [-0.4, -0.2) is 5.91 Å². The van der Waals surface area contributed by atoms with Gasteiger partial charge < -0.3 is 5.32 Å². The van der Waals surface area contributed by atoms with Gasteiger partial charge in [0.25, 0.3) is 5.91 Å². The second-order valence-corrected chi connectivity index (χ2v) is 5.64. The second kappa shape index (κ2) is 5.79. The molecule has 0 unspecified atom stereocenters. The van der Waals surface area contributed by atoms with E-state index in [-0.39, 0.29) is 5.56 Å². The first-order valence-electron chi connectivity index (χ1n) is 5.09. The van der Waals surface area contributed by atoms with Crippen molar-refractivity contribution >= 4 is 50.1 Å². The monoisotopic (exact) mass is 419 g/mol. The Morgan fingerprint density at radius 2 is 1.94 bits per heavy atom. The van der Waals surface area contributed by atoms with E-state index in [2.05, 4.69) is 43.8 Å². The zero-order chi connectivity index (χ0) is 13.1. The van der Waals surface area contributed by atoms with Crippen molar-refractivity contribution in [1.29, 1.82) is 0 Å². The van der Waals surface area contributed by atoms with Gasteiger partial charge in [-0.2, -0.15) is 0 Å². The molecule has 2 aromatic rings. The SMILES string of the molecule is O=C(Nc1ccc(Br)cc1I)c1ccccc1F. The lowest BCUT2D eigenvalue weighted by Crippen LogP contribution is -2.14. The van der Waals surface area contributed by atoms with Crippen LogP contribution in [0.4, 0.5) is 10.1 Å². The fourth-order valence-electron chi connectivity index (χ4n) is 1.43. The molecule has 0 atom stereocenters. The van der Waals surface area contributed by atoms with Gasteiger partial charge in [0.15, 0.2) is 0 Å². The highest BCUT2D eigenvalue weighted by Crippen LogP contribution is 2.23.